The molecule has 0 amide bonds. The van der Waals surface area contributed by atoms with Crippen LogP contribution < -0.4 is 0 Å². The van der Waals surface area contributed by atoms with Gasteiger partial charge in [0.15, 0.2) is 12.1 Å². The number of hydrogen-bond donors (Lipinski definition) is 0. The smallest absolute Gasteiger partial charge is 0.155 e. The molecule has 5 heteroatoms. The van der Waals surface area contributed by atoms with Crippen LogP contribution in [-0.2, 0) is 12.8 Å². The zero-order chi connectivity index (χ0) is 13.1. The van der Waals surface area contributed by atoms with Crippen molar-refractivity contribution < 1.29 is 9.18 Å². The first-order valence-corrected chi connectivity index (χ1v) is 5.90. The van der Waals surface area contributed by atoms with Crippen LogP contribution in [0.1, 0.15) is 35.9 Å². The summed E-state index contributed by atoms with van der Waals surface area (Å²) in [5, 5.41) is 4.30. The quantitative estimate of drug-likeness (QED) is 0.779. The number of halogens is 1. The van der Waals surface area contributed by atoms with Crippen LogP contribution in [0.2, 0.25) is 0 Å². The Morgan fingerprint density at radius 1 is 1.33 bits per heavy atom. The predicted molar refractivity (Wildman–Crippen MR) is 65.5 cm³/mol. The van der Waals surface area contributed by atoms with Crippen LogP contribution in [0.5, 0.6) is 0 Å². The van der Waals surface area contributed by atoms with Gasteiger partial charge in [0.05, 0.1) is 11.3 Å². The van der Waals surface area contributed by atoms with E-state index in [0.717, 1.165) is 5.82 Å². The highest BCUT2D eigenvalue weighted by molar-refractivity contribution is 5.81. The number of carbonyl (C=O) groups is 1. The molecule has 0 aliphatic heterocycles. The average molecular weight is 247 g/mol. The van der Waals surface area contributed by atoms with E-state index in [-0.39, 0.29) is 5.56 Å². The molecule has 0 atom stereocenters. The number of rotatable bonds is 4. The monoisotopic (exact) mass is 247 g/mol. The topological polar surface area (TPSA) is 47.8 Å². The van der Waals surface area contributed by atoms with Crippen molar-refractivity contribution in [2.45, 2.75) is 26.7 Å². The molecule has 0 unspecified atom stereocenters. The van der Waals surface area contributed by atoms with Crippen LogP contribution in [0.3, 0.4) is 0 Å². The molecule has 0 saturated heterocycles. The fourth-order valence-electron chi connectivity index (χ4n) is 1.79. The molecule has 18 heavy (non-hydrogen) atoms. The predicted octanol–water partition coefficient (Wildman–Crippen LogP) is 2.34. The van der Waals surface area contributed by atoms with Crippen LogP contribution >= 0.6 is 0 Å². The van der Waals surface area contributed by atoms with E-state index in [1.165, 1.54) is 6.07 Å². The SMILES string of the molecule is CCc1nc(CC)n(-c2cccc(F)c2C=O)n1. The summed E-state index contributed by atoms with van der Waals surface area (Å²) in [6.07, 6.45) is 1.88. The molecule has 4 nitrogen and oxygen atoms in total. The van der Waals surface area contributed by atoms with Gasteiger partial charge < -0.3 is 0 Å². The lowest BCUT2D eigenvalue weighted by Crippen LogP contribution is -2.07. The van der Waals surface area contributed by atoms with Gasteiger partial charge in [0.1, 0.15) is 11.6 Å². The Bertz CT molecular complexity index is 578. The summed E-state index contributed by atoms with van der Waals surface area (Å²) in [6.45, 7) is 3.89. The van der Waals surface area contributed by atoms with Crippen molar-refractivity contribution in [2.75, 3.05) is 0 Å². The van der Waals surface area contributed by atoms with Gasteiger partial charge >= 0.3 is 0 Å². The lowest BCUT2D eigenvalue weighted by atomic mass is 10.2. The third kappa shape index (κ3) is 2.03. The van der Waals surface area contributed by atoms with Crippen LogP contribution in [0.25, 0.3) is 5.69 Å². The number of carbonyl (C=O) groups excluding carboxylic acids is 1. The van der Waals surface area contributed by atoms with Crippen molar-refractivity contribution in [1.82, 2.24) is 14.8 Å². The number of aldehydes is 1. The summed E-state index contributed by atoms with van der Waals surface area (Å²) in [7, 11) is 0. The van der Waals surface area contributed by atoms with Crippen LogP contribution in [-0.4, -0.2) is 21.1 Å². The molecule has 94 valence electrons. The molecule has 0 aliphatic carbocycles. The number of benzene rings is 1. The highest BCUT2D eigenvalue weighted by atomic mass is 19.1. The van der Waals surface area contributed by atoms with Gasteiger partial charge in [0, 0.05) is 12.8 Å². The van der Waals surface area contributed by atoms with E-state index in [2.05, 4.69) is 10.1 Å². The minimum atomic E-state index is -0.543. The zero-order valence-electron chi connectivity index (χ0n) is 10.4. The molecule has 0 spiro atoms. The van der Waals surface area contributed by atoms with Crippen molar-refractivity contribution >= 4 is 6.29 Å². The molecule has 1 heterocycles. The van der Waals surface area contributed by atoms with Crippen molar-refractivity contribution in [1.29, 1.82) is 0 Å². The van der Waals surface area contributed by atoms with Gasteiger partial charge in [0.2, 0.25) is 0 Å². The van der Waals surface area contributed by atoms with Gasteiger partial charge in [-0.3, -0.25) is 4.79 Å². The number of aryl methyl sites for hydroxylation is 2. The van der Waals surface area contributed by atoms with Gasteiger partial charge in [-0.2, -0.15) is 5.10 Å². The van der Waals surface area contributed by atoms with Crippen molar-refractivity contribution in [2.24, 2.45) is 0 Å². The fourth-order valence-corrected chi connectivity index (χ4v) is 1.79. The van der Waals surface area contributed by atoms with E-state index in [1.54, 1.807) is 16.8 Å². The van der Waals surface area contributed by atoms with E-state index < -0.39 is 5.82 Å². The molecule has 0 saturated carbocycles. The van der Waals surface area contributed by atoms with Crippen LogP contribution in [0, 0.1) is 5.82 Å². The molecule has 1 aromatic carbocycles. The van der Waals surface area contributed by atoms with E-state index in [0.29, 0.717) is 30.6 Å². The standard InChI is InChI=1S/C13H14FN3O/c1-3-12-15-13(4-2)17(16-12)11-7-5-6-10(14)9(11)8-18/h5-8H,3-4H2,1-2H3. The van der Waals surface area contributed by atoms with E-state index >= 15 is 0 Å². The maximum absolute atomic E-state index is 13.6. The van der Waals surface area contributed by atoms with Gasteiger partial charge in [-0.1, -0.05) is 19.9 Å². The van der Waals surface area contributed by atoms with Gasteiger partial charge in [-0.15, -0.1) is 0 Å². The Balaban J connectivity index is 2.64. The minimum Gasteiger partial charge on any atom is -0.298 e. The number of aromatic nitrogens is 3. The van der Waals surface area contributed by atoms with Crippen LogP contribution in [0.15, 0.2) is 18.2 Å². The molecule has 2 aromatic rings. The minimum absolute atomic E-state index is 0.0137. The van der Waals surface area contributed by atoms with Crippen LogP contribution in [0.4, 0.5) is 4.39 Å². The lowest BCUT2D eigenvalue weighted by Gasteiger charge is -2.07. The van der Waals surface area contributed by atoms with Crippen molar-refractivity contribution in [3.8, 4) is 5.69 Å². The highest BCUT2D eigenvalue weighted by Crippen LogP contribution is 2.17. The Labute approximate surface area is 104 Å². The molecule has 0 radical (unpaired) electrons. The molecular formula is C13H14FN3O. The molecule has 0 aliphatic rings. The molecule has 1 aromatic heterocycles. The number of nitrogens with zero attached hydrogens (tertiary/aromatic N) is 3. The maximum atomic E-state index is 13.6. The first-order chi connectivity index (χ1) is 8.71. The molecule has 0 N–H and O–H groups in total. The largest absolute Gasteiger partial charge is 0.298 e. The molecular weight excluding hydrogens is 233 g/mol. The zero-order valence-corrected chi connectivity index (χ0v) is 10.4. The van der Waals surface area contributed by atoms with E-state index in [1.807, 2.05) is 13.8 Å². The Kier molecular flexibility index (Phi) is 3.50. The second-order valence-corrected chi connectivity index (χ2v) is 3.85. The molecule has 0 fully saturated rings. The summed E-state index contributed by atoms with van der Waals surface area (Å²) < 4.78 is 15.1. The average Bonchev–Trinajstić information content (AvgIpc) is 2.81. The summed E-state index contributed by atoms with van der Waals surface area (Å²) in [5.41, 5.74) is 0.453. The molecule has 2 rings (SSSR count). The van der Waals surface area contributed by atoms with Crippen molar-refractivity contribution in [3.05, 3.63) is 41.2 Å². The van der Waals surface area contributed by atoms with Crippen molar-refractivity contribution in [3.63, 3.8) is 0 Å². The van der Waals surface area contributed by atoms with Gasteiger partial charge in [0.25, 0.3) is 0 Å². The molecule has 0 bridgehead atoms. The fraction of sp³-hybridized carbons (Fsp3) is 0.308. The Hall–Kier alpha value is -2.04. The first-order valence-electron chi connectivity index (χ1n) is 5.90. The summed E-state index contributed by atoms with van der Waals surface area (Å²) >= 11 is 0. The summed E-state index contributed by atoms with van der Waals surface area (Å²) in [5.74, 6) is 0.867. The van der Waals surface area contributed by atoms with Gasteiger partial charge in [-0.25, -0.2) is 14.1 Å². The highest BCUT2D eigenvalue weighted by Gasteiger charge is 2.14. The second-order valence-electron chi connectivity index (χ2n) is 3.85. The normalized spacial score (nSPS) is 10.6. The second kappa shape index (κ2) is 5.08. The number of hydrogen-bond acceptors (Lipinski definition) is 3. The lowest BCUT2D eigenvalue weighted by molar-refractivity contribution is 0.111. The Morgan fingerprint density at radius 2 is 2.11 bits per heavy atom. The Morgan fingerprint density at radius 3 is 2.72 bits per heavy atom. The third-order valence-corrected chi connectivity index (χ3v) is 2.73. The van der Waals surface area contributed by atoms with Gasteiger partial charge in [-0.05, 0) is 12.1 Å². The van der Waals surface area contributed by atoms with E-state index in [4.69, 9.17) is 0 Å². The maximum Gasteiger partial charge on any atom is 0.155 e. The summed E-state index contributed by atoms with van der Waals surface area (Å²) in [6, 6.07) is 4.49. The third-order valence-electron chi connectivity index (χ3n) is 2.73. The summed E-state index contributed by atoms with van der Waals surface area (Å²) in [4.78, 5) is 15.3. The first kappa shape index (κ1) is 12.4. The van der Waals surface area contributed by atoms with E-state index in [9.17, 15) is 9.18 Å².